The van der Waals surface area contributed by atoms with Gasteiger partial charge in [0, 0.05) is 23.0 Å². The molecule has 8 nitrogen and oxygen atoms in total. The zero-order valence-corrected chi connectivity index (χ0v) is 22.5. The van der Waals surface area contributed by atoms with Gasteiger partial charge in [-0.15, -0.1) is 0 Å². The van der Waals surface area contributed by atoms with Crippen LogP contribution in [0.5, 0.6) is 11.5 Å². The molecule has 0 saturated carbocycles. The fourth-order valence-corrected chi connectivity index (χ4v) is 4.71. The third-order valence-corrected chi connectivity index (χ3v) is 6.54. The van der Waals surface area contributed by atoms with Gasteiger partial charge in [0.25, 0.3) is 11.8 Å². The number of methoxy groups -OCH3 is 1. The molecule has 1 unspecified atom stereocenters. The molecule has 1 atom stereocenters. The Balaban J connectivity index is 1.52. The molecule has 0 aliphatic carbocycles. The minimum atomic E-state index is -1.41. The van der Waals surface area contributed by atoms with Crippen LogP contribution in [0, 0.1) is 5.82 Å². The summed E-state index contributed by atoms with van der Waals surface area (Å²) >= 11 is 12.8. The lowest BCUT2D eigenvalue weighted by molar-refractivity contribution is -0.117. The lowest BCUT2D eigenvalue weighted by Gasteiger charge is -2.17. The third kappa shape index (κ3) is 5.75. The van der Waals surface area contributed by atoms with E-state index in [1.807, 2.05) is 0 Å². The van der Waals surface area contributed by atoms with E-state index in [9.17, 15) is 14.0 Å². The molecule has 2 heterocycles. The van der Waals surface area contributed by atoms with Gasteiger partial charge in [-0.2, -0.15) is 0 Å². The van der Waals surface area contributed by atoms with Crippen LogP contribution in [0.3, 0.4) is 0 Å². The van der Waals surface area contributed by atoms with Crippen LogP contribution in [0.1, 0.15) is 27.0 Å². The number of aromatic nitrogens is 1. The highest BCUT2D eigenvalue weighted by molar-refractivity contribution is 6.39. The zero-order chi connectivity index (χ0) is 28.2. The number of halogens is 3. The number of carbonyl (C=O) groups is 2. The molecule has 5 rings (SSSR count). The average molecular weight is 579 g/mol. The monoisotopic (exact) mass is 578 g/mol. The molecule has 1 aromatic heterocycles. The van der Waals surface area contributed by atoms with Crippen LogP contribution >= 0.6 is 23.2 Å². The summed E-state index contributed by atoms with van der Waals surface area (Å²) in [6.45, 7) is 0.116. The van der Waals surface area contributed by atoms with Gasteiger partial charge in [0.1, 0.15) is 23.9 Å². The molecule has 202 valence electrons. The number of ether oxygens (including phenoxy) is 2. The average Bonchev–Trinajstić information content (AvgIpc) is 3.08. The number of para-hydroxylation sites is 1. The van der Waals surface area contributed by atoms with Gasteiger partial charge >= 0.3 is 0 Å². The second-order valence-electron chi connectivity index (χ2n) is 8.64. The number of aliphatic imine (C=N–C) groups is 1. The summed E-state index contributed by atoms with van der Waals surface area (Å²) in [5, 5.41) is 5.94. The first-order valence-corrected chi connectivity index (χ1v) is 12.7. The van der Waals surface area contributed by atoms with E-state index in [1.54, 1.807) is 54.9 Å². The molecule has 0 bridgehead atoms. The Hall–Kier alpha value is -4.47. The quantitative estimate of drug-likeness (QED) is 0.294. The van der Waals surface area contributed by atoms with Crippen LogP contribution in [0.25, 0.3) is 0 Å². The van der Waals surface area contributed by atoms with Crippen LogP contribution in [-0.2, 0) is 11.4 Å². The Bertz CT molecular complexity index is 1630. The smallest absolute Gasteiger partial charge is 0.269 e. The van der Waals surface area contributed by atoms with Crippen molar-refractivity contribution >= 4 is 46.4 Å². The van der Waals surface area contributed by atoms with E-state index < -0.39 is 23.8 Å². The van der Waals surface area contributed by atoms with Crippen LogP contribution < -0.4 is 20.1 Å². The lowest BCUT2D eigenvalue weighted by atomic mass is 9.99. The van der Waals surface area contributed by atoms with Gasteiger partial charge in [-0.25, -0.2) is 9.38 Å². The molecular formula is C29H21Cl2FN4O4. The minimum Gasteiger partial charge on any atom is -0.496 e. The Morgan fingerprint density at radius 3 is 2.60 bits per heavy atom. The number of benzene rings is 3. The van der Waals surface area contributed by atoms with Crippen molar-refractivity contribution in [1.82, 2.24) is 10.3 Å². The van der Waals surface area contributed by atoms with Gasteiger partial charge < -0.3 is 20.1 Å². The third-order valence-electron chi connectivity index (χ3n) is 6.02. The fraction of sp³-hybridized carbons (Fsp3) is 0.103. The van der Waals surface area contributed by atoms with Crippen LogP contribution in [-0.4, -0.2) is 35.8 Å². The lowest BCUT2D eigenvalue weighted by Crippen LogP contribution is -2.42. The maximum atomic E-state index is 14.2. The number of amides is 2. The van der Waals surface area contributed by atoms with Gasteiger partial charge in [-0.1, -0.05) is 41.4 Å². The molecule has 0 spiro atoms. The van der Waals surface area contributed by atoms with Crippen molar-refractivity contribution in [3.05, 3.63) is 117 Å². The summed E-state index contributed by atoms with van der Waals surface area (Å²) in [7, 11) is 1.45. The summed E-state index contributed by atoms with van der Waals surface area (Å²) in [5.41, 5.74) is 2.35. The normalized spacial score (nSPS) is 14.3. The molecule has 40 heavy (non-hydrogen) atoms. The van der Waals surface area contributed by atoms with Gasteiger partial charge in [0.2, 0.25) is 6.17 Å². The number of hydrogen-bond acceptors (Lipinski definition) is 6. The van der Waals surface area contributed by atoms with Crippen molar-refractivity contribution in [2.24, 2.45) is 4.99 Å². The molecular weight excluding hydrogens is 558 g/mol. The van der Waals surface area contributed by atoms with Gasteiger partial charge in [-0.3, -0.25) is 14.6 Å². The van der Waals surface area contributed by atoms with Crippen LogP contribution in [0.2, 0.25) is 10.0 Å². The van der Waals surface area contributed by atoms with Gasteiger partial charge in [0.15, 0.2) is 0 Å². The highest BCUT2D eigenvalue weighted by Crippen LogP contribution is 2.35. The summed E-state index contributed by atoms with van der Waals surface area (Å²) in [6.07, 6.45) is 1.80. The van der Waals surface area contributed by atoms with Gasteiger partial charge in [0.05, 0.1) is 34.7 Å². The van der Waals surface area contributed by atoms with E-state index in [2.05, 4.69) is 20.6 Å². The summed E-state index contributed by atoms with van der Waals surface area (Å²) < 4.78 is 25.5. The highest BCUT2D eigenvalue weighted by atomic mass is 35.5. The Morgan fingerprint density at radius 1 is 1.05 bits per heavy atom. The maximum absolute atomic E-state index is 14.2. The molecule has 1 aliphatic heterocycles. The van der Waals surface area contributed by atoms with Crippen LogP contribution in [0.4, 0.5) is 10.1 Å². The molecule has 0 saturated heterocycles. The molecule has 3 aromatic carbocycles. The van der Waals surface area contributed by atoms with Crippen molar-refractivity contribution in [2.75, 3.05) is 12.4 Å². The number of nitrogens with one attached hydrogen (secondary N) is 2. The van der Waals surface area contributed by atoms with E-state index in [4.69, 9.17) is 32.7 Å². The first-order valence-electron chi connectivity index (χ1n) is 12.0. The number of nitrogens with zero attached hydrogens (tertiary/aromatic N) is 2. The molecule has 0 fully saturated rings. The Labute approximate surface area is 238 Å². The van der Waals surface area contributed by atoms with Crippen molar-refractivity contribution in [3.8, 4) is 11.5 Å². The largest absolute Gasteiger partial charge is 0.496 e. The topological polar surface area (TPSA) is 102 Å². The van der Waals surface area contributed by atoms with E-state index in [1.165, 1.54) is 25.3 Å². The second kappa shape index (κ2) is 11.7. The maximum Gasteiger partial charge on any atom is 0.269 e. The molecule has 11 heteroatoms. The predicted molar refractivity (Wildman–Crippen MR) is 150 cm³/mol. The van der Waals surface area contributed by atoms with Crippen molar-refractivity contribution in [3.63, 3.8) is 0 Å². The number of rotatable bonds is 7. The van der Waals surface area contributed by atoms with E-state index in [-0.39, 0.29) is 28.7 Å². The van der Waals surface area contributed by atoms with E-state index >= 15 is 0 Å². The SMILES string of the molecule is COc1cc(Cl)cc(Cl)c1C1=NC(NC(=O)c2cc(F)ccc2OCc2ccncc2)C(=O)Nc2ccccc21. The molecule has 2 amide bonds. The first-order chi connectivity index (χ1) is 19.3. The molecule has 4 aromatic rings. The second-order valence-corrected chi connectivity index (χ2v) is 9.48. The number of anilines is 1. The number of carbonyl (C=O) groups excluding carboxylic acids is 2. The van der Waals surface area contributed by atoms with Crippen LogP contribution in [0.15, 0.2) is 84.1 Å². The summed E-state index contributed by atoms with van der Waals surface area (Å²) in [4.78, 5) is 35.2. The first kappa shape index (κ1) is 27.1. The number of benzodiazepines with no additional fused rings is 1. The number of hydrogen-bond donors (Lipinski definition) is 2. The number of pyridine rings is 1. The predicted octanol–water partition coefficient (Wildman–Crippen LogP) is 5.66. The van der Waals surface area contributed by atoms with E-state index in [0.717, 1.165) is 11.6 Å². The Kier molecular flexibility index (Phi) is 7.95. The summed E-state index contributed by atoms with van der Waals surface area (Å²) in [5.74, 6) is -1.59. The van der Waals surface area contributed by atoms with Crippen molar-refractivity contribution in [2.45, 2.75) is 12.8 Å². The van der Waals surface area contributed by atoms with Crippen molar-refractivity contribution < 1.29 is 23.5 Å². The van der Waals surface area contributed by atoms with Crippen molar-refractivity contribution in [1.29, 1.82) is 0 Å². The molecule has 2 N–H and O–H groups in total. The Morgan fingerprint density at radius 2 is 1.82 bits per heavy atom. The molecule has 0 radical (unpaired) electrons. The standard InChI is InChI=1S/C29H21Cl2FN4O4/c1-39-24-13-17(30)12-21(31)25(24)26-19-4-2-3-5-22(19)34-29(38)27(35-26)36-28(37)20-14-18(32)6-7-23(20)40-15-16-8-10-33-11-9-16/h2-14,27H,15H2,1H3,(H,34,38)(H,36,37). The zero-order valence-electron chi connectivity index (χ0n) is 21.0. The van der Waals surface area contributed by atoms with E-state index in [0.29, 0.717) is 27.6 Å². The minimum absolute atomic E-state index is 0.109. The van der Waals surface area contributed by atoms with Gasteiger partial charge in [-0.05, 0) is 54.1 Å². The number of fused-ring (bicyclic) bond motifs is 1. The highest BCUT2D eigenvalue weighted by Gasteiger charge is 2.30. The molecule has 1 aliphatic rings. The fourth-order valence-electron chi connectivity index (χ4n) is 4.14. The summed E-state index contributed by atoms with van der Waals surface area (Å²) in [6, 6.07) is 17.1.